The molecule has 1 heterocycles. The van der Waals surface area contributed by atoms with Crippen LogP contribution in [0, 0.1) is 6.92 Å². The molecule has 0 saturated heterocycles. The van der Waals surface area contributed by atoms with Gasteiger partial charge in [-0.05, 0) is 42.8 Å². The Balaban J connectivity index is 1.83. The number of halogens is 3. The zero-order valence-electron chi connectivity index (χ0n) is 17.7. The Bertz CT molecular complexity index is 1260. The maximum atomic E-state index is 13.5. The Morgan fingerprint density at radius 3 is 2.24 bits per heavy atom. The highest BCUT2D eigenvalue weighted by molar-refractivity contribution is 6.46. The number of anilines is 2. The molecular formula is C25H19F3N2O3. The first-order valence-corrected chi connectivity index (χ1v) is 9.98. The lowest BCUT2D eigenvalue weighted by Gasteiger charge is -2.18. The van der Waals surface area contributed by atoms with E-state index < -0.39 is 23.6 Å². The summed E-state index contributed by atoms with van der Waals surface area (Å²) < 4.78 is 44.9. The summed E-state index contributed by atoms with van der Waals surface area (Å²) in [6.45, 7) is 1.88. The van der Waals surface area contributed by atoms with Crippen molar-refractivity contribution in [3.8, 4) is 5.75 Å². The molecule has 4 rings (SSSR count). The highest BCUT2D eigenvalue weighted by atomic mass is 19.4. The monoisotopic (exact) mass is 452 g/mol. The molecule has 168 valence electrons. The fraction of sp³-hybridized carbons (Fsp3) is 0.120. The number of alkyl halides is 3. The number of imide groups is 1. The Hall–Kier alpha value is -4.07. The third-order valence-electron chi connectivity index (χ3n) is 5.21. The van der Waals surface area contributed by atoms with Gasteiger partial charge in [-0.3, -0.25) is 9.59 Å². The summed E-state index contributed by atoms with van der Waals surface area (Å²) in [4.78, 5) is 27.9. The number of methoxy groups -OCH3 is 1. The van der Waals surface area contributed by atoms with Gasteiger partial charge in [0, 0.05) is 5.69 Å². The average molecular weight is 452 g/mol. The lowest BCUT2D eigenvalue weighted by atomic mass is 10.0. The average Bonchev–Trinajstić information content (AvgIpc) is 3.03. The first kappa shape index (κ1) is 22.1. The molecule has 0 saturated carbocycles. The second-order valence-corrected chi connectivity index (χ2v) is 7.44. The summed E-state index contributed by atoms with van der Waals surface area (Å²) in [5.74, 6) is -0.997. The van der Waals surface area contributed by atoms with Gasteiger partial charge in [0.15, 0.2) is 0 Å². The van der Waals surface area contributed by atoms with Crippen molar-refractivity contribution in [3.63, 3.8) is 0 Å². The van der Waals surface area contributed by atoms with Crippen LogP contribution in [0.25, 0.3) is 5.57 Å². The van der Waals surface area contributed by atoms with E-state index in [1.165, 1.54) is 19.2 Å². The normalized spacial score (nSPS) is 14.2. The molecule has 33 heavy (non-hydrogen) atoms. The molecule has 0 radical (unpaired) electrons. The number of ether oxygens (including phenoxy) is 1. The molecule has 1 N–H and O–H groups in total. The number of para-hydroxylation sites is 2. The van der Waals surface area contributed by atoms with E-state index in [0.29, 0.717) is 11.3 Å². The molecular weight excluding hydrogens is 433 g/mol. The largest absolute Gasteiger partial charge is 0.495 e. The van der Waals surface area contributed by atoms with Gasteiger partial charge in [0.05, 0.1) is 23.9 Å². The van der Waals surface area contributed by atoms with Gasteiger partial charge in [-0.1, -0.05) is 48.0 Å². The van der Waals surface area contributed by atoms with E-state index in [1.54, 1.807) is 48.5 Å². The van der Waals surface area contributed by atoms with Crippen LogP contribution in [0.2, 0.25) is 0 Å². The quantitative estimate of drug-likeness (QED) is 0.526. The predicted octanol–water partition coefficient (Wildman–Crippen LogP) is 5.42. The molecule has 0 fully saturated rings. The fourth-order valence-corrected chi connectivity index (χ4v) is 3.58. The molecule has 5 nitrogen and oxygen atoms in total. The van der Waals surface area contributed by atoms with Crippen molar-refractivity contribution in [2.75, 3.05) is 17.3 Å². The maximum Gasteiger partial charge on any atom is 0.416 e. The van der Waals surface area contributed by atoms with Crippen LogP contribution >= 0.6 is 0 Å². The van der Waals surface area contributed by atoms with Gasteiger partial charge in [-0.25, -0.2) is 4.90 Å². The Labute approximate surface area is 188 Å². The zero-order chi connectivity index (χ0) is 23.8. The summed E-state index contributed by atoms with van der Waals surface area (Å²) in [5, 5.41) is 2.76. The molecule has 0 aliphatic carbocycles. The van der Waals surface area contributed by atoms with Crippen molar-refractivity contribution < 1.29 is 27.5 Å². The zero-order valence-corrected chi connectivity index (χ0v) is 17.7. The van der Waals surface area contributed by atoms with Crippen LogP contribution in [0.5, 0.6) is 5.75 Å². The topological polar surface area (TPSA) is 58.6 Å². The number of benzene rings is 3. The first-order chi connectivity index (χ1) is 15.7. The molecule has 0 unspecified atom stereocenters. The third-order valence-corrected chi connectivity index (χ3v) is 5.21. The standard InChI is InChI=1S/C25H19F3N2O3/c1-15-10-12-16(13-11-15)21-22(29-18-7-5-6-17(14-18)25(26,27)28)24(32)30(23(21)31)19-8-3-4-9-20(19)33-2/h3-14,29H,1-2H3. The number of carbonyl (C=O) groups excluding carboxylic acids is 2. The summed E-state index contributed by atoms with van der Waals surface area (Å²) in [6, 6.07) is 17.9. The van der Waals surface area contributed by atoms with Gasteiger partial charge in [0.1, 0.15) is 11.4 Å². The van der Waals surface area contributed by atoms with Crippen molar-refractivity contribution in [1.82, 2.24) is 0 Å². The molecule has 0 atom stereocenters. The van der Waals surface area contributed by atoms with Crippen LogP contribution in [0.4, 0.5) is 24.5 Å². The summed E-state index contributed by atoms with van der Waals surface area (Å²) in [7, 11) is 1.42. The van der Waals surface area contributed by atoms with E-state index in [2.05, 4.69) is 5.32 Å². The van der Waals surface area contributed by atoms with Crippen molar-refractivity contribution >= 4 is 28.8 Å². The van der Waals surface area contributed by atoms with E-state index >= 15 is 0 Å². The van der Waals surface area contributed by atoms with Gasteiger partial charge >= 0.3 is 6.18 Å². The maximum absolute atomic E-state index is 13.5. The van der Waals surface area contributed by atoms with E-state index in [4.69, 9.17) is 4.74 Å². The molecule has 3 aromatic carbocycles. The van der Waals surface area contributed by atoms with Gasteiger partial charge < -0.3 is 10.1 Å². The molecule has 8 heteroatoms. The lowest BCUT2D eigenvalue weighted by molar-refractivity contribution is -0.137. The summed E-state index contributed by atoms with van der Waals surface area (Å²) in [5.41, 5.74) is 0.754. The molecule has 0 bridgehead atoms. The smallest absolute Gasteiger partial charge is 0.416 e. The minimum absolute atomic E-state index is 0.0347. The first-order valence-electron chi connectivity index (χ1n) is 9.98. The second kappa shape index (κ2) is 8.46. The van der Waals surface area contributed by atoms with E-state index in [0.717, 1.165) is 22.6 Å². The fourth-order valence-electron chi connectivity index (χ4n) is 3.58. The Kier molecular flexibility index (Phi) is 5.68. The minimum atomic E-state index is -4.55. The second-order valence-electron chi connectivity index (χ2n) is 7.44. The number of carbonyl (C=O) groups is 2. The van der Waals surface area contributed by atoms with Gasteiger partial charge in [-0.15, -0.1) is 0 Å². The van der Waals surface area contributed by atoms with Gasteiger partial charge in [0.25, 0.3) is 11.8 Å². The summed E-state index contributed by atoms with van der Waals surface area (Å²) >= 11 is 0. The van der Waals surface area contributed by atoms with Crippen molar-refractivity contribution in [2.24, 2.45) is 0 Å². The Morgan fingerprint density at radius 2 is 1.58 bits per heavy atom. The van der Waals surface area contributed by atoms with Crippen LogP contribution in [-0.4, -0.2) is 18.9 Å². The minimum Gasteiger partial charge on any atom is -0.495 e. The third kappa shape index (κ3) is 4.19. The number of aryl methyl sites for hydroxylation is 1. The molecule has 1 aliphatic rings. The molecule has 2 amide bonds. The lowest BCUT2D eigenvalue weighted by Crippen LogP contribution is -2.32. The van der Waals surface area contributed by atoms with Crippen molar-refractivity contribution in [2.45, 2.75) is 13.1 Å². The Morgan fingerprint density at radius 1 is 0.879 bits per heavy atom. The molecule has 0 aromatic heterocycles. The van der Waals surface area contributed by atoms with Crippen LogP contribution in [0.1, 0.15) is 16.7 Å². The predicted molar refractivity (Wildman–Crippen MR) is 119 cm³/mol. The molecule has 0 spiro atoms. The highest BCUT2D eigenvalue weighted by Crippen LogP contribution is 2.38. The van der Waals surface area contributed by atoms with Crippen LogP contribution in [0.3, 0.4) is 0 Å². The number of rotatable bonds is 5. The van der Waals surface area contributed by atoms with Crippen LogP contribution in [-0.2, 0) is 15.8 Å². The number of nitrogens with one attached hydrogen (secondary N) is 1. The van der Waals surface area contributed by atoms with Crippen LogP contribution < -0.4 is 15.0 Å². The number of nitrogens with zero attached hydrogens (tertiary/aromatic N) is 1. The number of hydrogen-bond donors (Lipinski definition) is 1. The van der Waals surface area contributed by atoms with Gasteiger partial charge in [-0.2, -0.15) is 13.2 Å². The number of amides is 2. The highest BCUT2D eigenvalue weighted by Gasteiger charge is 2.41. The summed E-state index contributed by atoms with van der Waals surface area (Å²) in [6.07, 6.45) is -4.55. The van der Waals surface area contributed by atoms with E-state index in [1.807, 2.05) is 6.92 Å². The van der Waals surface area contributed by atoms with Crippen LogP contribution in [0.15, 0.2) is 78.5 Å². The SMILES string of the molecule is COc1ccccc1N1C(=O)C(Nc2cccc(C(F)(F)F)c2)=C(c2ccc(C)cc2)C1=O. The van der Waals surface area contributed by atoms with E-state index in [-0.39, 0.29) is 22.6 Å². The van der Waals surface area contributed by atoms with Crippen molar-refractivity contribution in [3.05, 3.63) is 95.2 Å². The number of hydrogen-bond acceptors (Lipinski definition) is 4. The van der Waals surface area contributed by atoms with E-state index in [9.17, 15) is 22.8 Å². The van der Waals surface area contributed by atoms with Crippen molar-refractivity contribution in [1.29, 1.82) is 0 Å². The molecule has 3 aromatic rings. The van der Waals surface area contributed by atoms with Gasteiger partial charge in [0.2, 0.25) is 0 Å². The molecule has 1 aliphatic heterocycles.